The normalized spacial score (nSPS) is 12.8. The number of rotatable bonds is 14. The third-order valence-electron chi connectivity index (χ3n) is 7.32. The van der Waals surface area contributed by atoms with Crippen LogP contribution in [0.5, 0.6) is 0 Å². The number of halogens is 1. The van der Waals surface area contributed by atoms with Gasteiger partial charge in [-0.25, -0.2) is 12.8 Å². The molecule has 0 aliphatic carbocycles. The topological polar surface area (TPSA) is 86.8 Å². The molecule has 0 aliphatic rings. The highest BCUT2D eigenvalue weighted by Crippen LogP contribution is 2.25. The Morgan fingerprint density at radius 2 is 1.62 bits per heavy atom. The number of benzene rings is 3. The molecule has 0 aliphatic heterocycles. The van der Waals surface area contributed by atoms with Crippen LogP contribution in [0.15, 0.2) is 72.8 Å². The number of aryl methyl sites for hydroxylation is 2. The fourth-order valence-electron chi connectivity index (χ4n) is 4.75. The molecule has 3 rings (SSSR count). The van der Waals surface area contributed by atoms with Crippen molar-refractivity contribution >= 4 is 27.5 Å². The zero-order chi connectivity index (χ0) is 30.9. The van der Waals surface area contributed by atoms with Crippen LogP contribution < -0.4 is 9.62 Å². The summed E-state index contributed by atoms with van der Waals surface area (Å²) in [5, 5.41) is 3.03. The fraction of sp³-hybridized carbons (Fsp3) is 0.394. The largest absolute Gasteiger partial charge is 0.352 e. The van der Waals surface area contributed by atoms with Crippen molar-refractivity contribution in [3.05, 3.63) is 101 Å². The number of amides is 2. The van der Waals surface area contributed by atoms with E-state index in [2.05, 4.69) is 5.32 Å². The molecule has 0 saturated carbocycles. The summed E-state index contributed by atoms with van der Waals surface area (Å²) < 4.78 is 40.5. The standard InChI is InChI=1S/C33H42FN3O4S/c1-6-26(4)35-33(39)31(22-27-11-8-7-9-12-27)36(23-28-16-18-29(34)19-17-28)32(38)13-10-20-37(42(5,40)41)30-21-24(2)14-15-25(30)3/h7-9,11-12,14-19,21,26,31H,6,10,13,20,22-23H2,1-5H3,(H,35,39)/t26-,31+/m0/s1. The van der Waals surface area contributed by atoms with E-state index in [-0.39, 0.29) is 49.6 Å². The molecule has 42 heavy (non-hydrogen) atoms. The quantitative estimate of drug-likeness (QED) is 0.265. The minimum atomic E-state index is -3.61. The Hall–Kier alpha value is -3.72. The molecule has 3 aromatic carbocycles. The highest BCUT2D eigenvalue weighted by Gasteiger charge is 2.31. The van der Waals surface area contributed by atoms with Crippen molar-refractivity contribution in [1.82, 2.24) is 10.2 Å². The summed E-state index contributed by atoms with van der Waals surface area (Å²) in [4.78, 5) is 29.1. The van der Waals surface area contributed by atoms with Gasteiger partial charge in [0.2, 0.25) is 21.8 Å². The van der Waals surface area contributed by atoms with Gasteiger partial charge in [0.15, 0.2) is 0 Å². The monoisotopic (exact) mass is 595 g/mol. The maximum absolute atomic E-state index is 13.9. The van der Waals surface area contributed by atoms with Gasteiger partial charge in [-0.15, -0.1) is 0 Å². The molecular formula is C33H42FN3O4S. The molecule has 9 heteroatoms. The fourth-order valence-corrected chi connectivity index (χ4v) is 5.77. The Labute approximate surface area is 249 Å². The summed E-state index contributed by atoms with van der Waals surface area (Å²) in [5.74, 6) is -0.940. The number of carbonyl (C=O) groups excluding carboxylic acids is 2. The van der Waals surface area contributed by atoms with Crippen molar-refractivity contribution in [2.75, 3.05) is 17.1 Å². The van der Waals surface area contributed by atoms with E-state index in [1.165, 1.54) is 16.4 Å². The van der Waals surface area contributed by atoms with E-state index in [0.717, 1.165) is 29.4 Å². The van der Waals surface area contributed by atoms with Gasteiger partial charge in [0, 0.05) is 32.0 Å². The lowest BCUT2D eigenvalue weighted by atomic mass is 10.0. The molecule has 2 amide bonds. The van der Waals surface area contributed by atoms with Gasteiger partial charge < -0.3 is 10.2 Å². The Balaban J connectivity index is 1.90. The molecule has 226 valence electrons. The summed E-state index contributed by atoms with van der Waals surface area (Å²) in [6.45, 7) is 7.86. The molecule has 0 saturated heterocycles. The average molecular weight is 596 g/mol. The van der Waals surface area contributed by atoms with Crippen LogP contribution in [0.3, 0.4) is 0 Å². The predicted octanol–water partition coefficient (Wildman–Crippen LogP) is 5.54. The van der Waals surface area contributed by atoms with Crippen molar-refractivity contribution in [3.63, 3.8) is 0 Å². The van der Waals surface area contributed by atoms with Crippen LogP contribution in [0.4, 0.5) is 10.1 Å². The number of nitrogens with one attached hydrogen (secondary N) is 1. The molecule has 0 radical (unpaired) electrons. The SMILES string of the molecule is CC[C@H](C)NC(=O)[C@@H](Cc1ccccc1)N(Cc1ccc(F)cc1)C(=O)CCCN(c1cc(C)ccc1C)S(C)(=O)=O. The van der Waals surface area contributed by atoms with Crippen molar-refractivity contribution in [2.24, 2.45) is 0 Å². The second kappa shape index (κ2) is 15.0. The zero-order valence-corrected chi connectivity index (χ0v) is 26.0. The number of hydrogen-bond acceptors (Lipinski definition) is 4. The smallest absolute Gasteiger partial charge is 0.243 e. The third kappa shape index (κ3) is 9.41. The van der Waals surface area contributed by atoms with Gasteiger partial charge in [-0.1, -0.05) is 61.5 Å². The molecule has 7 nitrogen and oxygen atoms in total. The van der Waals surface area contributed by atoms with Crippen molar-refractivity contribution in [2.45, 2.75) is 72.0 Å². The maximum Gasteiger partial charge on any atom is 0.243 e. The van der Waals surface area contributed by atoms with Crippen molar-refractivity contribution < 1.29 is 22.4 Å². The van der Waals surface area contributed by atoms with Gasteiger partial charge in [0.05, 0.1) is 11.9 Å². The molecule has 0 unspecified atom stereocenters. The number of sulfonamides is 1. The first-order valence-electron chi connectivity index (χ1n) is 14.3. The Kier molecular flexibility index (Phi) is 11.7. The molecule has 3 aromatic rings. The van der Waals surface area contributed by atoms with Crippen LogP contribution in [-0.2, 0) is 32.6 Å². The van der Waals surface area contributed by atoms with E-state index < -0.39 is 16.1 Å². The highest BCUT2D eigenvalue weighted by atomic mass is 32.2. The summed E-state index contributed by atoms with van der Waals surface area (Å²) in [6, 6.07) is 20.1. The van der Waals surface area contributed by atoms with Gasteiger partial charge in [0.1, 0.15) is 11.9 Å². The average Bonchev–Trinajstić information content (AvgIpc) is 2.95. The van der Waals surface area contributed by atoms with E-state index in [1.54, 1.807) is 17.0 Å². The van der Waals surface area contributed by atoms with Gasteiger partial charge >= 0.3 is 0 Å². The van der Waals surface area contributed by atoms with E-state index in [4.69, 9.17) is 0 Å². The van der Waals surface area contributed by atoms with Crippen LogP contribution in [-0.4, -0.2) is 50.0 Å². The molecule has 0 aromatic heterocycles. The maximum atomic E-state index is 13.9. The molecule has 1 N–H and O–H groups in total. The lowest BCUT2D eigenvalue weighted by molar-refractivity contribution is -0.141. The Bertz CT molecular complexity index is 1450. The van der Waals surface area contributed by atoms with Crippen molar-refractivity contribution in [1.29, 1.82) is 0 Å². The summed E-state index contributed by atoms with van der Waals surface area (Å²) >= 11 is 0. The van der Waals surface area contributed by atoms with E-state index in [1.807, 2.05) is 76.2 Å². The summed E-state index contributed by atoms with van der Waals surface area (Å²) in [6.07, 6.45) is 2.47. The van der Waals surface area contributed by atoms with Crippen molar-refractivity contribution in [3.8, 4) is 0 Å². The second-order valence-electron chi connectivity index (χ2n) is 10.9. The third-order valence-corrected chi connectivity index (χ3v) is 8.50. The Morgan fingerprint density at radius 1 is 0.952 bits per heavy atom. The van der Waals surface area contributed by atoms with Crippen LogP contribution in [0.2, 0.25) is 0 Å². The van der Waals surface area contributed by atoms with Gasteiger partial charge in [-0.3, -0.25) is 13.9 Å². The minimum Gasteiger partial charge on any atom is -0.352 e. The molecule has 2 atom stereocenters. The summed E-state index contributed by atoms with van der Waals surface area (Å²) in [5.41, 5.74) is 3.92. The second-order valence-corrected chi connectivity index (χ2v) is 12.8. The van der Waals surface area contributed by atoms with E-state index in [0.29, 0.717) is 17.7 Å². The first-order valence-corrected chi connectivity index (χ1v) is 16.2. The van der Waals surface area contributed by atoms with E-state index in [9.17, 15) is 22.4 Å². The van der Waals surface area contributed by atoms with Crippen LogP contribution in [0.25, 0.3) is 0 Å². The number of hydrogen-bond donors (Lipinski definition) is 1. The molecule has 0 fully saturated rings. The number of nitrogens with zero attached hydrogens (tertiary/aromatic N) is 2. The lowest BCUT2D eigenvalue weighted by Gasteiger charge is -2.33. The van der Waals surface area contributed by atoms with E-state index >= 15 is 0 Å². The molecule has 0 heterocycles. The van der Waals surface area contributed by atoms with Gasteiger partial charge in [-0.05, 0) is 74.1 Å². The van der Waals surface area contributed by atoms with Crippen LogP contribution in [0, 0.1) is 19.7 Å². The first kappa shape index (κ1) is 32.8. The zero-order valence-electron chi connectivity index (χ0n) is 25.1. The van der Waals surface area contributed by atoms with Crippen LogP contribution >= 0.6 is 0 Å². The van der Waals surface area contributed by atoms with Crippen LogP contribution in [0.1, 0.15) is 55.4 Å². The molecular weight excluding hydrogens is 553 g/mol. The van der Waals surface area contributed by atoms with Gasteiger partial charge in [-0.2, -0.15) is 0 Å². The summed E-state index contributed by atoms with van der Waals surface area (Å²) in [7, 11) is -3.61. The van der Waals surface area contributed by atoms with Gasteiger partial charge in [0.25, 0.3) is 0 Å². The molecule has 0 bridgehead atoms. The number of anilines is 1. The predicted molar refractivity (Wildman–Crippen MR) is 166 cm³/mol. The first-order chi connectivity index (χ1) is 19.9. The Morgan fingerprint density at radius 3 is 2.24 bits per heavy atom. The molecule has 0 spiro atoms. The minimum absolute atomic E-state index is 0.0278. The highest BCUT2D eigenvalue weighted by molar-refractivity contribution is 7.92. The lowest BCUT2D eigenvalue weighted by Crippen LogP contribution is -2.52. The number of carbonyl (C=O) groups is 2.